The first-order valence-electron chi connectivity index (χ1n) is 11.4. The van der Waals surface area contributed by atoms with E-state index in [0.29, 0.717) is 22.7 Å². The van der Waals surface area contributed by atoms with Crippen LogP contribution in [0.15, 0.2) is 48.5 Å². The molecule has 0 radical (unpaired) electrons. The first-order valence-corrected chi connectivity index (χ1v) is 24.1. The van der Waals surface area contributed by atoms with Crippen LogP contribution in [0.25, 0.3) is 0 Å². The number of hydrogen-bond donors (Lipinski definition) is 0. The van der Waals surface area contributed by atoms with Gasteiger partial charge in [-0.15, -0.1) is 0 Å². The van der Waals surface area contributed by atoms with Gasteiger partial charge in [0.05, 0.1) is 0 Å². The van der Waals surface area contributed by atoms with Crippen molar-refractivity contribution in [3.05, 3.63) is 70.8 Å². The van der Waals surface area contributed by atoms with Crippen LogP contribution in [0.2, 0.25) is 18.3 Å². The quantitative estimate of drug-likeness (QED) is 0.212. The van der Waals surface area contributed by atoms with Gasteiger partial charge in [0.2, 0.25) is 0 Å². The fraction of sp³-hybridized carbons (Fsp3) is 0.520. The Labute approximate surface area is 207 Å². The Balaban J connectivity index is 0.000000335. The summed E-state index contributed by atoms with van der Waals surface area (Å²) in [6.45, 7) is 8.65. The van der Waals surface area contributed by atoms with Gasteiger partial charge in [0.1, 0.15) is 0 Å². The Morgan fingerprint density at radius 2 is 1.18 bits per heavy atom. The molecule has 2 aromatic carbocycles. The van der Waals surface area contributed by atoms with Crippen molar-refractivity contribution in [1.82, 2.24) is 0 Å². The molecule has 0 saturated carbocycles. The molecule has 33 heavy (non-hydrogen) atoms. The zero-order valence-electron chi connectivity index (χ0n) is 20.3. The van der Waals surface area contributed by atoms with Gasteiger partial charge < -0.3 is 0 Å². The Kier molecular flexibility index (Phi) is 12.6. The minimum atomic E-state index is -4.22. The molecule has 0 aliphatic rings. The number of alkyl halides is 6. The Morgan fingerprint density at radius 1 is 0.727 bits per heavy atom. The van der Waals surface area contributed by atoms with Crippen molar-refractivity contribution in [3.8, 4) is 0 Å². The first-order chi connectivity index (χ1) is 15.1. The number of hydrogen-bond acceptors (Lipinski definition) is 0. The SMILES string of the molecule is C[CH](C)[In]([CH2]c1ccccc1C(F)(F)F)[CH](C)C.[CH3][Ga]([CH3])[CH2]c1ccccc1CC(F)(F)F. The third-order valence-corrected chi connectivity index (χ3v) is 20.6. The molecule has 0 fully saturated rings. The van der Waals surface area contributed by atoms with Gasteiger partial charge >= 0.3 is 209 Å². The standard InChI is InChI=1S/C9H8F3.C8H6F3.2C3H7.2CH3.Ga.In/c1-7-4-2-3-5-8(7)6-9(10,11)12;1-6-4-2-3-5-7(6)8(9,10)11;2*1-3-2;;;;/h2-5H,1,6H2;2-5H,1H2;2*3H,1-2H3;2*1H3;;. The summed E-state index contributed by atoms with van der Waals surface area (Å²) in [5.74, 6) is 0. The zero-order valence-corrected chi connectivity index (χ0v) is 26.0. The van der Waals surface area contributed by atoms with E-state index in [0.717, 1.165) is 10.5 Å². The molecule has 0 aliphatic heterocycles. The second kappa shape index (κ2) is 13.6. The molecule has 0 heterocycles. The maximum absolute atomic E-state index is 12.9. The van der Waals surface area contributed by atoms with Gasteiger partial charge in [0.15, 0.2) is 0 Å². The second-order valence-corrected chi connectivity index (χ2v) is 28.9. The van der Waals surface area contributed by atoms with Gasteiger partial charge in [0.25, 0.3) is 0 Å². The van der Waals surface area contributed by atoms with Gasteiger partial charge in [-0.05, 0) is 0 Å². The number of rotatable bonds is 7. The van der Waals surface area contributed by atoms with Crippen molar-refractivity contribution in [1.29, 1.82) is 0 Å². The molecule has 0 amide bonds. The summed E-state index contributed by atoms with van der Waals surface area (Å²) >= 11 is -3.26. The molecule has 8 heteroatoms. The average Bonchev–Trinajstić information content (AvgIpc) is 2.66. The number of halogens is 6. The summed E-state index contributed by atoms with van der Waals surface area (Å²) in [5, 5.41) is 0. The molecule has 0 spiro atoms. The van der Waals surface area contributed by atoms with E-state index in [9.17, 15) is 26.3 Å². The van der Waals surface area contributed by atoms with E-state index >= 15 is 0 Å². The maximum atomic E-state index is 12.9. The summed E-state index contributed by atoms with van der Waals surface area (Å²) in [4.78, 5) is 0.888. The molecular formula is C25H34F6GaIn. The van der Waals surface area contributed by atoms with Crippen LogP contribution >= 0.6 is 0 Å². The molecule has 0 N–H and O–H groups in total. The Bertz CT molecular complexity index is 835. The van der Waals surface area contributed by atoms with E-state index in [2.05, 4.69) is 38.7 Å². The Morgan fingerprint density at radius 3 is 1.61 bits per heavy atom. The summed E-state index contributed by atoms with van der Waals surface area (Å²) in [6.07, 6.45) is -9.11. The van der Waals surface area contributed by atoms with E-state index in [4.69, 9.17) is 0 Å². The Hall–Kier alpha value is -0.474. The van der Waals surface area contributed by atoms with E-state index in [1.165, 1.54) is 12.1 Å². The molecule has 0 aliphatic carbocycles. The molecule has 2 aromatic rings. The molecular weight excluding hydrogens is 599 g/mol. The molecule has 0 unspecified atom stereocenters. The van der Waals surface area contributed by atoms with Crippen LogP contribution in [-0.2, 0) is 21.7 Å². The third-order valence-electron chi connectivity index (χ3n) is 5.63. The van der Waals surface area contributed by atoms with Crippen molar-refractivity contribution < 1.29 is 26.3 Å². The zero-order chi connectivity index (χ0) is 25.4. The van der Waals surface area contributed by atoms with Crippen LogP contribution in [0.3, 0.4) is 0 Å². The van der Waals surface area contributed by atoms with Gasteiger partial charge in [-0.3, -0.25) is 0 Å². The van der Waals surface area contributed by atoms with E-state index < -0.39 is 62.0 Å². The van der Waals surface area contributed by atoms with E-state index in [1.807, 2.05) is 12.1 Å². The van der Waals surface area contributed by atoms with Crippen LogP contribution in [0, 0.1) is 0 Å². The topological polar surface area (TPSA) is 0 Å². The van der Waals surface area contributed by atoms with Gasteiger partial charge in [0, 0.05) is 0 Å². The number of benzene rings is 2. The van der Waals surface area contributed by atoms with Gasteiger partial charge in [-0.2, -0.15) is 0 Å². The first kappa shape index (κ1) is 30.6. The van der Waals surface area contributed by atoms with E-state index in [-0.39, 0.29) is 0 Å². The third kappa shape index (κ3) is 11.7. The van der Waals surface area contributed by atoms with Crippen LogP contribution in [0.1, 0.15) is 49.9 Å². The van der Waals surface area contributed by atoms with Crippen LogP contribution in [-0.4, -0.2) is 43.8 Å². The average molecular weight is 633 g/mol. The molecule has 182 valence electrons. The molecule has 0 aromatic heterocycles. The normalized spacial score (nSPS) is 11.9. The van der Waals surface area contributed by atoms with Crippen molar-refractivity contribution in [2.75, 3.05) is 0 Å². The van der Waals surface area contributed by atoms with E-state index in [1.54, 1.807) is 24.3 Å². The fourth-order valence-corrected chi connectivity index (χ4v) is 16.3. The summed E-state index contributed by atoms with van der Waals surface area (Å²) in [7, 11) is 0. The van der Waals surface area contributed by atoms with Crippen LogP contribution in [0.5, 0.6) is 0 Å². The molecule has 2 rings (SSSR count). The van der Waals surface area contributed by atoms with Crippen molar-refractivity contribution >= 4 is 37.7 Å². The van der Waals surface area contributed by atoms with Crippen molar-refractivity contribution in [3.63, 3.8) is 0 Å². The van der Waals surface area contributed by atoms with Gasteiger partial charge in [-0.1, -0.05) is 0 Å². The predicted octanol–water partition coefficient (Wildman–Crippen LogP) is 8.73. The fourth-order valence-electron chi connectivity index (χ4n) is 4.05. The minimum absolute atomic E-state index is 0.437. The molecule has 0 atom stereocenters. The van der Waals surface area contributed by atoms with Gasteiger partial charge in [-0.25, -0.2) is 0 Å². The second-order valence-electron chi connectivity index (χ2n) is 9.67. The molecule has 0 nitrogen and oxygen atoms in total. The van der Waals surface area contributed by atoms with Crippen molar-refractivity contribution in [2.24, 2.45) is 0 Å². The summed E-state index contributed by atoms with van der Waals surface area (Å²) in [6, 6.07) is 13.0. The van der Waals surface area contributed by atoms with Crippen molar-refractivity contribution in [2.45, 2.75) is 73.9 Å². The predicted molar refractivity (Wildman–Crippen MR) is 128 cm³/mol. The molecule has 0 bridgehead atoms. The monoisotopic (exact) mass is 632 g/mol. The van der Waals surface area contributed by atoms with Crippen LogP contribution in [0.4, 0.5) is 26.3 Å². The summed E-state index contributed by atoms with van der Waals surface area (Å²) < 4.78 is 77.5. The van der Waals surface area contributed by atoms with Crippen LogP contribution < -0.4 is 0 Å². The summed E-state index contributed by atoms with van der Waals surface area (Å²) in [5.41, 5.74) is 5.80. The molecule has 0 saturated heterocycles.